The van der Waals surface area contributed by atoms with Crippen LogP contribution in [0.4, 0.5) is 0 Å². The molecule has 10 heteroatoms. The predicted molar refractivity (Wildman–Crippen MR) is 134 cm³/mol. The van der Waals surface area contributed by atoms with Crippen LogP contribution in [0.25, 0.3) is 11.7 Å². The van der Waals surface area contributed by atoms with Crippen molar-refractivity contribution in [1.82, 2.24) is 14.3 Å². The van der Waals surface area contributed by atoms with Gasteiger partial charge in [-0.15, -0.1) is 0 Å². The number of carbonyl (C=O) groups excluding carboxylic acids is 1. The Labute approximate surface area is 204 Å². The fraction of sp³-hybridized carbons (Fsp3) is 0.208. The number of nitrogens with zero attached hydrogens (tertiary/aromatic N) is 3. The van der Waals surface area contributed by atoms with Gasteiger partial charge in [0.25, 0.3) is 11.5 Å². The van der Waals surface area contributed by atoms with Crippen LogP contribution in [-0.2, 0) is 9.59 Å². The maximum Gasteiger partial charge on any atom is 0.303 e. The van der Waals surface area contributed by atoms with E-state index in [1.54, 1.807) is 18.3 Å². The molecule has 3 aromatic rings. The number of thioether (sulfide) groups is 1. The first-order valence-electron chi connectivity index (χ1n) is 10.5. The van der Waals surface area contributed by atoms with Gasteiger partial charge in [-0.05, 0) is 49.6 Å². The molecule has 4 rings (SSSR count). The Balaban J connectivity index is 1.79. The smallest absolute Gasteiger partial charge is 0.303 e. The average Bonchev–Trinajstić information content (AvgIpc) is 3.05. The molecule has 0 aliphatic carbocycles. The van der Waals surface area contributed by atoms with E-state index in [9.17, 15) is 14.4 Å². The van der Waals surface area contributed by atoms with Crippen LogP contribution in [0.2, 0.25) is 0 Å². The van der Waals surface area contributed by atoms with Crippen LogP contribution in [0, 0.1) is 13.8 Å². The van der Waals surface area contributed by atoms with Crippen LogP contribution in [0.1, 0.15) is 29.5 Å². The minimum Gasteiger partial charge on any atom is -0.481 e. The van der Waals surface area contributed by atoms with E-state index in [0.717, 1.165) is 22.9 Å². The summed E-state index contributed by atoms with van der Waals surface area (Å²) in [7, 11) is 0. The maximum absolute atomic E-state index is 13.4. The van der Waals surface area contributed by atoms with Crippen molar-refractivity contribution in [2.45, 2.75) is 26.7 Å². The number of benzene rings is 1. The summed E-state index contributed by atoms with van der Waals surface area (Å²) >= 11 is 6.38. The van der Waals surface area contributed by atoms with Gasteiger partial charge in [-0.3, -0.25) is 23.7 Å². The summed E-state index contributed by atoms with van der Waals surface area (Å²) in [6.07, 6.45) is 3.27. The third kappa shape index (κ3) is 4.73. The maximum atomic E-state index is 13.4. The first kappa shape index (κ1) is 23.7. The summed E-state index contributed by atoms with van der Waals surface area (Å²) < 4.78 is 7.80. The number of hydrogen-bond acceptors (Lipinski definition) is 7. The van der Waals surface area contributed by atoms with Gasteiger partial charge < -0.3 is 9.84 Å². The lowest BCUT2D eigenvalue weighted by molar-refractivity contribution is -0.137. The summed E-state index contributed by atoms with van der Waals surface area (Å²) in [6, 6.07) is 11.0. The van der Waals surface area contributed by atoms with Gasteiger partial charge in [0.05, 0.1) is 4.91 Å². The van der Waals surface area contributed by atoms with Gasteiger partial charge in [0.1, 0.15) is 21.3 Å². The van der Waals surface area contributed by atoms with Crippen molar-refractivity contribution in [3.8, 4) is 11.6 Å². The van der Waals surface area contributed by atoms with E-state index in [1.807, 2.05) is 38.1 Å². The van der Waals surface area contributed by atoms with Crippen LogP contribution in [0.5, 0.6) is 11.6 Å². The predicted octanol–water partition coefficient (Wildman–Crippen LogP) is 4.17. The molecule has 0 atom stereocenters. The molecule has 2 aromatic heterocycles. The quantitative estimate of drug-likeness (QED) is 0.385. The lowest BCUT2D eigenvalue weighted by Gasteiger charge is -2.13. The fourth-order valence-electron chi connectivity index (χ4n) is 3.48. The molecule has 34 heavy (non-hydrogen) atoms. The van der Waals surface area contributed by atoms with E-state index < -0.39 is 5.97 Å². The lowest BCUT2D eigenvalue weighted by Crippen LogP contribution is -2.29. The van der Waals surface area contributed by atoms with Gasteiger partial charge >= 0.3 is 5.97 Å². The number of pyridine rings is 1. The number of aryl methyl sites for hydroxylation is 2. The molecule has 1 aromatic carbocycles. The van der Waals surface area contributed by atoms with E-state index in [4.69, 9.17) is 22.1 Å². The van der Waals surface area contributed by atoms with Crippen LogP contribution in [0.3, 0.4) is 0 Å². The van der Waals surface area contributed by atoms with E-state index in [0.29, 0.717) is 15.7 Å². The van der Waals surface area contributed by atoms with Gasteiger partial charge in [-0.1, -0.05) is 48.2 Å². The Morgan fingerprint density at radius 3 is 2.65 bits per heavy atom. The van der Waals surface area contributed by atoms with Crippen molar-refractivity contribution in [3.05, 3.63) is 74.5 Å². The van der Waals surface area contributed by atoms with Gasteiger partial charge in [0, 0.05) is 19.2 Å². The second-order valence-corrected chi connectivity index (χ2v) is 9.39. The molecule has 0 spiro atoms. The molecule has 0 bridgehead atoms. The molecule has 1 aliphatic rings. The number of thiocarbonyl (C=S) groups is 1. The molecule has 0 radical (unpaired) electrons. The average molecular weight is 496 g/mol. The Morgan fingerprint density at radius 1 is 1.18 bits per heavy atom. The highest BCUT2D eigenvalue weighted by Gasteiger charge is 2.32. The van der Waals surface area contributed by atoms with Crippen molar-refractivity contribution in [3.63, 3.8) is 0 Å². The number of hydrogen-bond donors (Lipinski definition) is 1. The third-order valence-electron chi connectivity index (χ3n) is 5.27. The normalized spacial score (nSPS) is 14.9. The molecule has 1 amide bonds. The van der Waals surface area contributed by atoms with Crippen molar-refractivity contribution in [2.24, 2.45) is 0 Å². The topological polar surface area (TPSA) is 101 Å². The summed E-state index contributed by atoms with van der Waals surface area (Å²) in [5, 5.41) is 8.86. The fourth-order valence-corrected chi connectivity index (χ4v) is 4.77. The van der Waals surface area contributed by atoms with Crippen molar-refractivity contribution < 1.29 is 19.4 Å². The number of aromatic nitrogens is 2. The van der Waals surface area contributed by atoms with E-state index in [-0.39, 0.29) is 47.2 Å². The zero-order valence-electron chi connectivity index (χ0n) is 18.5. The number of amides is 1. The van der Waals surface area contributed by atoms with Crippen LogP contribution in [-0.4, -0.2) is 42.1 Å². The Hall–Kier alpha value is -3.50. The number of carbonyl (C=O) groups is 2. The van der Waals surface area contributed by atoms with Crippen LogP contribution < -0.4 is 10.3 Å². The first-order valence-corrected chi connectivity index (χ1v) is 11.7. The molecule has 1 N–H and O–H groups in total. The molecule has 3 heterocycles. The van der Waals surface area contributed by atoms with Gasteiger partial charge in [-0.25, -0.2) is 0 Å². The van der Waals surface area contributed by atoms with Gasteiger partial charge in [-0.2, -0.15) is 4.98 Å². The largest absolute Gasteiger partial charge is 0.481 e. The molecular weight excluding hydrogens is 474 g/mol. The number of aliphatic carboxylic acids is 1. The summed E-state index contributed by atoms with van der Waals surface area (Å²) in [6.45, 7) is 3.92. The molecule has 1 fully saturated rings. The summed E-state index contributed by atoms with van der Waals surface area (Å²) in [5.41, 5.74) is 1.86. The highest BCUT2D eigenvalue weighted by atomic mass is 32.2. The minimum atomic E-state index is -0.940. The zero-order chi connectivity index (χ0) is 24.4. The molecule has 0 saturated carbocycles. The molecule has 1 saturated heterocycles. The van der Waals surface area contributed by atoms with Crippen LogP contribution in [0.15, 0.2) is 52.3 Å². The number of para-hydroxylation sites is 1. The second-order valence-electron chi connectivity index (χ2n) is 7.72. The number of carboxylic acid groups (broad SMARTS) is 1. The van der Waals surface area contributed by atoms with E-state index in [1.165, 1.54) is 15.4 Å². The van der Waals surface area contributed by atoms with Crippen molar-refractivity contribution >= 4 is 51.9 Å². The lowest BCUT2D eigenvalue weighted by atomic mass is 10.2. The molecule has 0 unspecified atom stereocenters. The molecule has 8 nitrogen and oxygen atoms in total. The third-order valence-corrected chi connectivity index (χ3v) is 6.65. The van der Waals surface area contributed by atoms with Crippen molar-refractivity contribution in [2.75, 3.05) is 6.54 Å². The number of fused-ring (bicyclic) bond motifs is 1. The highest BCUT2D eigenvalue weighted by molar-refractivity contribution is 8.26. The Kier molecular flexibility index (Phi) is 6.80. The second kappa shape index (κ2) is 9.78. The van der Waals surface area contributed by atoms with Gasteiger partial charge in [0.15, 0.2) is 0 Å². The number of ether oxygens (including phenoxy) is 1. The summed E-state index contributed by atoms with van der Waals surface area (Å²) in [5.74, 6) is -0.687. The highest BCUT2D eigenvalue weighted by Crippen LogP contribution is 2.34. The molecular formula is C24H21N3O5S2. The van der Waals surface area contributed by atoms with Crippen LogP contribution >= 0.6 is 24.0 Å². The molecule has 1 aliphatic heterocycles. The first-order chi connectivity index (χ1) is 16.3. The minimum absolute atomic E-state index is 0.0696. The van der Waals surface area contributed by atoms with E-state index in [2.05, 4.69) is 4.98 Å². The number of carboxylic acids is 1. The Bertz CT molecular complexity index is 1410. The number of rotatable bonds is 7. The standard InChI is InChI=1S/C24H21N3O5S2/c1-14-7-3-4-9-17(14)32-21-16(22(30)26-11-5-8-15(2)20(26)25-21)13-18-23(31)27(24(33)34-18)12-6-10-19(28)29/h3-5,7-9,11,13H,6,10,12H2,1-2H3,(H,28,29)/b18-13+. The van der Waals surface area contributed by atoms with Crippen molar-refractivity contribution in [1.29, 1.82) is 0 Å². The Morgan fingerprint density at radius 2 is 1.91 bits per heavy atom. The monoisotopic (exact) mass is 495 g/mol. The zero-order valence-corrected chi connectivity index (χ0v) is 20.1. The SMILES string of the molecule is Cc1ccccc1Oc1nc2c(C)cccn2c(=O)c1/C=C1/SC(=S)N(CCCC(=O)O)C1=O. The van der Waals surface area contributed by atoms with Gasteiger partial charge in [0.2, 0.25) is 5.88 Å². The van der Waals surface area contributed by atoms with E-state index >= 15 is 0 Å². The summed E-state index contributed by atoms with van der Waals surface area (Å²) in [4.78, 5) is 43.5. The molecule has 174 valence electrons.